The van der Waals surface area contributed by atoms with Crippen LogP contribution in [0.2, 0.25) is 0 Å². The summed E-state index contributed by atoms with van der Waals surface area (Å²) in [6.45, 7) is 2.00. The second kappa shape index (κ2) is 6.06. The highest BCUT2D eigenvalue weighted by Gasteiger charge is 2.06. The molecule has 2 aromatic rings. The van der Waals surface area contributed by atoms with E-state index in [9.17, 15) is 9.59 Å². The van der Waals surface area contributed by atoms with Gasteiger partial charge in [0.15, 0.2) is 5.43 Å². The van der Waals surface area contributed by atoms with E-state index in [-0.39, 0.29) is 17.6 Å². The van der Waals surface area contributed by atoms with Crippen molar-refractivity contribution < 1.29 is 18.7 Å². The number of carbonyl (C=O) groups is 1. The summed E-state index contributed by atoms with van der Waals surface area (Å²) in [5, 5.41) is 0.398. The van der Waals surface area contributed by atoms with Gasteiger partial charge in [0.1, 0.15) is 17.6 Å². The van der Waals surface area contributed by atoms with Gasteiger partial charge in [-0.25, -0.2) is 4.79 Å². The zero-order valence-electron chi connectivity index (χ0n) is 11.2. The maximum Gasteiger partial charge on any atom is 0.330 e. The van der Waals surface area contributed by atoms with Gasteiger partial charge in [0.2, 0.25) is 0 Å². The van der Waals surface area contributed by atoms with Crippen molar-refractivity contribution in [1.29, 1.82) is 0 Å². The van der Waals surface area contributed by atoms with Crippen LogP contribution in [0.3, 0.4) is 0 Å². The Hall–Kier alpha value is -2.56. The van der Waals surface area contributed by atoms with Crippen LogP contribution in [0.4, 0.5) is 0 Å². The van der Waals surface area contributed by atoms with E-state index in [4.69, 9.17) is 13.9 Å². The average Bonchev–Trinajstić information content (AvgIpc) is 2.46. The fraction of sp³-hybridized carbons (Fsp3) is 0.200. The highest BCUT2D eigenvalue weighted by atomic mass is 16.5. The van der Waals surface area contributed by atoms with Crippen molar-refractivity contribution in [2.24, 2.45) is 0 Å². The van der Waals surface area contributed by atoms with Gasteiger partial charge in [-0.3, -0.25) is 4.79 Å². The second-order valence-corrected chi connectivity index (χ2v) is 3.97. The SMILES string of the molecule is CCOC(=O)/C=C/c1coc2ccc(OC)cc2c1=O. The third-order valence-electron chi connectivity index (χ3n) is 2.69. The molecule has 1 heterocycles. The average molecular weight is 274 g/mol. The Morgan fingerprint density at radius 3 is 2.90 bits per heavy atom. The van der Waals surface area contributed by atoms with Gasteiger partial charge >= 0.3 is 5.97 Å². The first-order valence-corrected chi connectivity index (χ1v) is 6.10. The summed E-state index contributed by atoms with van der Waals surface area (Å²) in [6, 6.07) is 4.97. The Labute approximate surface area is 115 Å². The van der Waals surface area contributed by atoms with Crippen LogP contribution in [0.5, 0.6) is 5.75 Å². The predicted octanol–water partition coefficient (Wildman–Crippen LogP) is 2.38. The number of methoxy groups -OCH3 is 1. The van der Waals surface area contributed by atoms with E-state index in [1.165, 1.54) is 25.5 Å². The van der Waals surface area contributed by atoms with Gasteiger partial charge in [-0.15, -0.1) is 0 Å². The molecule has 20 heavy (non-hydrogen) atoms. The Bertz CT molecular complexity index is 712. The van der Waals surface area contributed by atoms with Crippen molar-refractivity contribution in [3.8, 4) is 5.75 Å². The van der Waals surface area contributed by atoms with Gasteiger partial charge < -0.3 is 13.9 Å². The summed E-state index contributed by atoms with van der Waals surface area (Å²) in [5.41, 5.74) is 0.508. The normalized spacial score (nSPS) is 10.9. The third-order valence-corrected chi connectivity index (χ3v) is 2.69. The monoisotopic (exact) mass is 274 g/mol. The minimum absolute atomic E-state index is 0.231. The van der Waals surface area contributed by atoms with Gasteiger partial charge in [-0.1, -0.05) is 0 Å². The summed E-state index contributed by atoms with van der Waals surface area (Å²) in [5.74, 6) is 0.0639. The van der Waals surface area contributed by atoms with E-state index in [1.807, 2.05) is 0 Å². The summed E-state index contributed by atoms with van der Waals surface area (Å²) >= 11 is 0. The number of esters is 1. The molecule has 0 atom stereocenters. The molecule has 0 bridgehead atoms. The topological polar surface area (TPSA) is 65.7 Å². The molecule has 0 N–H and O–H groups in total. The molecule has 0 radical (unpaired) electrons. The molecule has 0 aliphatic carbocycles. The van der Waals surface area contributed by atoms with Crippen LogP contribution < -0.4 is 10.2 Å². The molecule has 0 saturated carbocycles. The van der Waals surface area contributed by atoms with Crippen molar-refractivity contribution in [3.63, 3.8) is 0 Å². The summed E-state index contributed by atoms with van der Waals surface area (Å²) < 4.78 is 15.2. The van der Waals surface area contributed by atoms with Crippen LogP contribution in [0, 0.1) is 0 Å². The number of fused-ring (bicyclic) bond motifs is 1. The van der Waals surface area contributed by atoms with Gasteiger partial charge in [0, 0.05) is 6.08 Å². The Balaban J connectivity index is 2.43. The van der Waals surface area contributed by atoms with Crippen molar-refractivity contribution in [2.75, 3.05) is 13.7 Å². The van der Waals surface area contributed by atoms with Crippen LogP contribution in [-0.2, 0) is 9.53 Å². The van der Waals surface area contributed by atoms with E-state index in [2.05, 4.69) is 0 Å². The second-order valence-electron chi connectivity index (χ2n) is 3.97. The maximum atomic E-state index is 12.2. The highest BCUT2D eigenvalue weighted by Crippen LogP contribution is 2.18. The van der Waals surface area contributed by atoms with E-state index >= 15 is 0 Å². The highest BCUT2D eigenvalue weighted by molar-refractivity contribution is 5.88. The lowest BCUT2D eigenvalue weighted by Gasteiger charge is -2.02. The molecule has 0 spiro atoms. The Morgan fingerprint density at radius 1 is 1.40 bits per heavy atom. The zero-order chi connectivity index (χ0) is 14.5. The maximum absolute atomic E-state index is 12.2. The van der Waals surface area contributed by atoms with Crippen molar-refractivity contribution in [3.05, 3.63) is 46.3 Å². The first kappa shape index (κ1) is 13.9. The molecule has 0 fully saturated rings. The lowest BCUT2D eigenvalue weighted by Crippen LogP contribution is -2.06. The largest absolute Gasteiger partial charge is 0.497 e. The lowest BCUT2D eigenvalue weighted by atomic mass is 10.1. The zero-order valence-corrected chi connectivity index (χ0v) is 11.2. The minimum Gasteiger partial charge on any atom is -0.497 e. The van der Waals surface area contributed by atoms with Crippen LogP contribution in [0.1, 0.15) is 12.5 Å². The van der Waals surface area contributed by atoms with Crippen molar-refractivity contribution in [1.82, 2.24) is 0 Å². The molecule has 5 heteroatoms. The van der Waals surface area contributed by atoms with Gasteiger partial charge in [0.25, 0.3) is 0 Å². The first-order valence-electron chi connectivity index (χ1n) is 6.10. The lowest BCUT2D eigenvalue weighted by molar-refractivity contribution is -0.137. The van der Waals surface area contributed by atoms with E-state index < -0.39 is 5.97 Å². The van der Waals surface area contributed by atoms with Crippen LogP contribution >= 0.6 is 0 Å². The fourth-order valence-electron chi connectivity index (χ4n) is 1.72. The van der Waals surface area contributed by atoms with E-state index in [0.29, 0.717) is 16.7 Å². The minimum atomic E-state index is -0.502. The number of hydrogen-bond donors (Lipinski definition) is 0. The fourth-order valence-corrected chi connectivity index (χ4v) is 1.72. The van der Waals surface area contributed by atoms with Gasteiger partial charge in [-0.2, -0.15) is 0 Å². The molecule has 104 valence electrons. The molecule has 1 aromatic carbocycles. The molecule has 0 saturated heterocycles. The van der Waals surface area contributed by atoms with Crippen LogP contribution in [-0.4, -0.2) is 19.7 Å². The first-order chi connectivity index (χ1) is 9.65. The number of carbonyl (C=O) groups excluding carboxylic acids is 1. The Morgan fingerprint density at radius 2 is 2.20 bits per heavy atom. The molecular formula is C15H14O5. The van der Waals surface area contributed by atoms with Crippen molar-refractivity contribution in [2.45, 2.75) is 6.92 Å². The smallest absolute Gasteiger partial charge is 0.330 e. The predicted molar refractivity (Wildman–Crippen MR) is 74.7 cm³/mol. The summed E-state index contributed by atoms with van der Waals surface area (Å²) in [7, 11) is 1.52. The molecule has 1 aromatic heterocycles. The summed E-state index contributed by atoms with van der Waals surface area (Å²) in [6.07, 6.45) is 3.89. The van der Waals surface area contributed by atoms with Crippen LogP contribution in [0.25, 0.3) is 17.0 Å². The van der Waals surface area contributed by atoms with Crippen LogP contribution in [0.15, 0.2) is 39.7 Å². The standard InChI is InChI=1S/C15H14O5/c1-3-19-14(16)7-4-10-9-20-13-6-5-11(18-2)8-12(13)15(10)17/h4-9H,3H2,1-2H3/b7-4+. The number of rotatable bonds is 4. The molecule has 0 aliphatic heterocycles. The van der Waals surface area contributed by atoms with Gasteiger partial charge in [0.05, 0.1) is 24.7 Å². The third kappa shape index (κ3) is 2.88. The van der Waals surface area contributed by atoms with E-state index in [1.54, 1.807) is 25.1 Å². The molecule has 0 unspecified atom stereocenters. The molecule has 5 nitrogen and oxygen atoms in total. The number of benzene rings is 1. The van der Waals surface area contributed by atoms with Gasteiger partial charge in [-0.05, 0) is 31.2 Å². The Kier molecular flexibility index (Phi) is 4.20. The number of ether oxygens (including phenoxy) is 2. The molecule has 2 rings (SSSR count). The van der Waals surface area contributed by atoms with E-state index in [0.717, 1.165) is 0 Å². The number of hydrogen-bond acceptors (Lipinski definition) is 5. The summed E-state index contributed by atoms with van der Waals surface area (Å²) in [4.78, 5) is 23.5. The quantitative estimate of drug-likeness (QED) is 0.632. The molecule has 0 aliphatic rings. The van der Waals surface area contributed by atoms with Crippen molar-refractivity contribution >= 4 is 23.0 Å². The molecular weight excluding hydrogens is 260 g/mol. The molecule has 0 amide bonds.